The van der Waals surface area contributed by atoms with Crippen LogP contribution in [0, 0.1) is 0 Å². The number of benzene rings is 1. The first-order valence-electron chi connectivity index (χ1n) is 8.70. The van der Waals surface area contributed by atoms with Gasteiger partial charge >= 0.3 is 5.97 Å². The number of aryl methyl sites for hydroxylation is 1. The lowest BCUT2D eigenvalue weighted by Gasteiger charge is -2.26. The predicted molar refractivity (Wildman–Crippen MR) is 111 cm³/mol. The van der Waals surface area contributed by atoms with Crippen LogP contribution in [-0.2, 0) is 11.2 Å². The van der Waals surface area contributed by atoms with E-state index < -0.39 is 5.97 Å². The molecule has 144 valence electrons. The Kier molecular flexibility index (Phi) is 5.43. The van der Waals surface area contributed by atoms with Crippen LogP contribution in [-0.4, -0.2) is 44.9 Å². The molecule has 0 unspecified atom stereocenters. The van der Waals surface area contributed by atoms with Crippen molar-refractivity contribution in [3.8, 4) is 0 Å². The number of hydrogen-bond donors (Lipinski definition) is 1. The lowest BCUT2D eigenvalue weighted by molar-refractivity contribution is -0.130. The molecule has 28 heavy (non-hydrogen) atoms. The summed E-state index contributed by atoms with van der Waals surface area (Å²) in [4.78, 5) is 34.5. The highest BCUT2D eigenvalue weighted by molar-refractivity contribution is 7.19. The summed E-state index contributed by atoms with van der Waals surface area (Å²) in [5.74, 6) is -0.916. The molecule has 3 heterocycles. The minimum Gasteiger partial charge on any atom is -0.478 e. The Balaban J connectivity index is 1.51. The van der Waals surface area contributed by atoms with E-state index in [2.05, 4.69) is 16.0 Å². The molecule has 0 bridgehead atoms. The van der Waals surface area contributed by atoms with Crippen LogP contribution in [0.25, 0.3) is 15.8 Å². The Morgan fingerprint density at radius 3 is 2.93 bits per heavy atom. The fourth-order valence-corrected chi connectivity index (χ4v) is 5.11. The second-order valence-corrected chi connectivity index (χ2v) is 8.81. The summed E-state index contributed by atoms with van der Waals surface area (Å²) in [6.45, 7) is 1.19. The first-order chi connectivity index (χ1) is 13.5. The second-order valence-electron chi connectivity index (χ2n) is 6.39. The summed E-state index contributed by atoms with van der Waals surface area (Å²) in [6, 6.07) is 3.00. The maximum atomic E-state index is 12.6. The van der Waals surface area contributed by atoms with Crippen LogP contribution >= 0.6 is 34.3 Å². The predicted octanol–water partition coefficient (Wildman–Crippen LogP) is 4.35. The van der Waals surface area contributed by atoms with E-state index in [0.29, 0.717) is 36.5 Å². The Morgan fingerprint density at radius 2 is 2.18 bits per heavy atom. The molecule has 0 radical (unpaired) electrons. The zero-order valence-corrected chi connectivity index (χ0v) is 17.1. The highest BCUT2D eigenvalue weighted by Gasteiger charge is 2.22. The molecule has 1 aromatic carbocycles. The number of amides is 1. The van der Waals surface area contributed by atoms with Gasteiger partial charge in [0.25, 0.3) is 0 Å². The van der Waals surface area contributed by atoms with Crippen LogP contribution in [0.1, 0.15) is 33.2 Å². The zero-order valence-electron chi connectivity index (χ0n) is 14.7. The molecule has 0 saturated carbocycles. The Hall–Kier alpha value is -2.29. The second kappa shape index (κ2) is 7.98. The number of carboxylic acids is 1. The molecule has 9 heteroatoms. The number of carbonyl (C=O) groups is 2. The molecule has 0 saturated heterocycles. The molecule has 1 N–H and O–H groups in total. The normalized spacial score (nSPS) is 14.3. The largest absolute Gasteiger partial charge is 0.478 e. The van der Waals surface area contributed by atoms with Gasteiger partial charge in [-0.15, -0.1) is 22.7 Å². The number of halogens is 1. The average Bonchev–Trinajstić information content (AvgIpc) is 3.36. The topological polar surface area (TPSA) is 83.4 Å². The molecule has 0 aliphatic carbocycles. The third-order valence-electron chi connectivity index (χ3n) is 4.51. The minimum atomic E-state index is -1.02. The summed E-state index contributed by atoms with van der Waals surface area (Å²) in [6.07, 6.45) is 5.70. The van der Waals surface area contributed by atoms with Gasteiger partial charge in [0.15, 0.2) is 0 Å². The molecule has 1 aliphatic rings. The summed E-state index contributed by atoms with van der Waals surface area (Å²) in [5.41, 5.74) is 1.71. The Morgan fingerprint density at radius 1 is 1.32 bits per heavy atom. The average molecular weight is 434 g/mol. The summed E-state index contributed by atoms with van der Waals surface area (Å²) < 4.78 is 0.730. The van der Waals surface area contributed by atoms with Crippen LogP contribution in [0.15, 0.2) is 29.8 Å². The van der Waals surface area contributed by atoms with E-state index in [1.807, 2.05) is 10.3 Å². The van der Waals surface area contributed by atoms with E-state index in [1.165, 1.54) is 17.4 Å². The number of aromatic nitrogens is 2. The quantitative estimate of drug-likeness (QED) is 0.646. The Labute approximate surface area is 174 Å². The number of rotatable bonds is 5. The fourth-order valence-electron chi connectivity index (χ4n) is 3.11. The van der Waals surface area contributed by atoms with Gasteiger partial charge in [0, 0.05) is 43.1 Å². The number of hydrogen-bond acceptors (Lipinski definition) is 6. The van der Waals surface area contributed by atoms with Crippen molar-refractivity contribution in [1.82, 2.24) is 14.9 Å². The summed E-state index contributed by atoms with van der Waals surface area (Å²) in [7, 11) is 0. The number of fused-ring (bicyclic) bond motifs is 1. The van der Waals surface area contributed by atoms with Crippen LogP contribution in [0.4, 0.5) is 0 Å². The summed E-state index contributed by atoms with van der Waals surface area (Å²) >= 11 is 9.18. The zero-order chi connectivity index (χ0) is 19.7. The molecule has 1 aliphatic heterocycles. The lowest BCUT2D eigenvalue weighted by atomic mass is 10.1. The molecule has 0 fully saturated rings. The number of carboxylic acid groups (broad SMARTS) is 1. The number of nitrogens with zero attached hydrogens (tertiary/aromatic N) is 3. The van der Waals surface area contributed by atoms with Crippen molar-refractivity contribution >= 4 is 61.9 Å². The van der Waals surface area contributed by atoms with Crippen molar-refractivity contribution in [2.75, 3.05) is 13.1 Å². The first-order valence-corrected chi connectivity index (χ1v) is 10.8. The van der Waals surface area contributed by atoms with E-state index in [1.54, 1.807) is 23.6 Å². The van der Waals surface area contributed by atoms with Gasteiger partial charge in [-0.2, -0.15) is 0 Å². The van der Waals surface area contributed by atoms with E-state index in [0.717, 1.165) is 26.7 Å². The van der Waals surface area contributed by atoms with Crippen molar-refractivity contribution in [3.05, 3.63) is 50.4 Å². The van der Waals surface area contributed by atoms with Crippen LogP contribution in [0.5, 0.6) is 0 Å². The standard InChI is InChI=1S/C19H16ClN3O3S2/c20-13-8-12(19(25)26)9-14-17(13)22-18(28-14)11-2-1-6-23(10-11)16(24)4-3-15-21-5-7-27-15/h2,5,7-9H,1,3-4,6,10H2,(H,25,26). The Bertz CT molecular complexity index is 1080. The maximum Gasteiger partial charge on any atom is 0.335 e. The third kappa shape index (κ3) is 3.94. The van der Waals surface area contributed by atoms with Gasteiger partial charge in [-0.3, -0.25) is 4.79 Å². The maximum absolute atomic E-state index is 12.6. The van der Waals surface area contributed by atoms with Crippen molar-refractivity contribution in [2.24, 2.45) is 0 Å². The van der Waals surface area contributed by atoms with Gasteiger partial charge in [-0.25, -0.2) is 14.8 Å². The van der Waals surface area contributed by atoms with Gasteiger partial charge in [0.1, 0.15) is 10.5 Å². The SMILES string of the molecule is O=C(O)c1cc(Cl)c2nc(C3=CCCN(C(=O)CCc4nccs4)C3)sc2c1. The molecule has 3 aromatic rings. The van der Waals surface area contributed by atoms with Gasteiger partial charge in [-0.1, -0.05) is 17.7 Å². The molecular formula is C19H16ClN3O3S2. The monoisotopic (exact) mass is 433 g/mol. The van der Waals surface area contributed by atoms with E-state index in [-0.39, 0.29) is 11.5 Å². The molecule has 0 spiro atoms. The molecule has 2 aromatic heterocycles. The molecule has 4 rings (SSSR count). The van der Waals surface area contributed by atoms with Crippen molar-refractivity contribution in [2.45, 2.75) is 19.3 Å². The highest BCUT2D eigenvalue weighted by Crippen LogP contribution is 2.34. The number of aromatic carboxylic acids is 1. The van der Waals surface area contributed by atoms with Gasteiger partial charge in [-0.05, 0) is 18.6 Å². The van der Waals surface area contributed by atoms with Gasteiger partial charge < -0.3 is 10.0 Å². The molecular weight excluding hydrogens is 418 g/mol. The summed E-state index contributed by atoms with van der Waals surface area (Å²) in [5, 5.41) is 13.2. The van der Waals surface area contributed by atoms with Crippen LogP contribution < -0.4 is 0 Å². The molecule has 6 nitrogen and oxygen atoms in total. The number of carbonyl (C=O) groups excluding carboxylic acids is 1. The smallest absolute Gasteiger partial charge is 0.335 e. The van der Waals surface area contributed by atoms with E-state index in [4.69, 9.17) is 11.6 Å². The lowest BCUT2D eigenvalue weighted by Crippen LogP contribution is -2.35. The van der Waals surface area contributed by atoms with Crippen molar-refractivity contribution in [3.63, 3.8) is 0 Å². The van der Waals surface area contributed by atoms with E-state index >= 15 is 0 Å². The van der Waals surface area contributed by atoms with Crippen LogP contribution in [0.3, 0.4) is 0 Å². The molecule has 1 amide bonds. The van der Waals surface area contributed by atoms with Crippen molar-refractivity contribution < 1.29 is 14.7 Å². The van der Waals surface area contributed by atoms with E-state index in [9.17, 15) is 14.7 Å². The van der Waals surface area contributed by atoms with Crippen LogP contribution in [0.2, 0.25) is 5.02 Å². The minimum absolute atomic E-state index is 0.105. The van der Waals surface area contributed by atoms with Gasteiger partial charge in [0.05, 0.1) is 20.3 Å². The van der Waals surface area contributed by atoms with Gasteiger partial charge in [0.2, 0.25) is 5.91 Å². The van der Waals surface area contributed by atoms with Crippen molar-refractivity contribution in [1.29, 1.82) is 0 Å². The fraction of sp³-hybridized carbons (Fsp3) is 0.263. The number of thiazole rings is 2. The first kappa shape index (κ1) is 19.0. The molecule has 0 atom stereocenters. The third-order valence-corrected chi connectivity index (χ3v) is 6.72. The highest BCUT2D eigenvalue weighted by atomic mass is 35.5.